The number of rotatable bonds is 48. The fourth-order valence-electron chi connectivity index (χ4n) is 7.98. The van der Waals surface area contributed by atoms with Crippen LogP contribution in [0.25, 0.3) is 0 Å². The molecule has 4 heteroatoms. The van der Waals surface area contributed by atoms with Crippen LogP contribution in [0.4, 0.5) is 0 Å². The summed E-state index contributed by atoms with van der Waals surface area (Å²) in [6.45, 7) is 4.95. The minimum Gasteiger partial charge on any atom is -0.391 e. The third-order valence-electron chi connectivity index (χ3n) is 11.9. The Balaban J connectivity index is 3.32. The lowest BCUT2D eigenvalue weighted by Gasteiger charge is -2.12. The van der Waals surface area contributed by atoms with Gasteiger partial charge in [0.05, 0.1) is 6.10 Å². The van der Waals surface area contributed by atoms with E-state index >= 15 is 0 Å². The molecular weight excluding hydrogens is 699 g/mol. The minimum absolute atomic E-state index is 0.0994. The topological polar surface area (TPSA) is 66.4 Å². The summed E-state index contributed by atoms with van der Waals surface area (Å²) in [6.07, 6.45) is 62.0. The zero-order valence-electron chi connectivity index (χ0n) is 38.8. The lowest BCUT2D eigenvalue weighted by atomic mass is 10.0. The average Bonchev–Trinajstić information content (AvgIpc) is 3.21. The standard InChI is InChI=1S/C53H101NO3/c1-3-5-7-9-11-13-15-17-19-21-23-28-32-36-40-44-48-52(56)50-54-53(57)49-45-41-37-33-29-25-24-27-31-35-39-43-47-51(55)46-42-38-34-30-26-22-20-18-16-14-12-10-8-6-4-2/h12,14,18,20,52,56H,3-11,13,15-17,19,21-50H2,1-2H3,(H,54,57)/t52-/m1/s1. The predicted molar refractivity (Wildman–Crippen MR) is 252 cm³/mol. The summed E-state index contributed by atoms with van der Waals surface area (Å²) < 4.78 is 0. The number of hydrogen-bond donors (Lipinski definition) is 2. The maximum absolute atomic E-state index is 12.2. The van der Waals surface area contributed by atoms with Crippen LogP contribution in [0.1, 0.15) is 290 Å². The second-order valence-electron chi connectivity index (χ2n) is 17.8. The molecule has 0 rings (SSSR count). The van der Waals surface area contributed by atoms with Crippen LogP contribution in [-0.2, 0) is 9.59 Å². The number of Topliss-reactive ketones (excluding diaryl/α,β-unsaturated/α-hetero) is 1. The summed E-state index contributed by atoms with van der Waals surface area (Å²) in [7, 11) is 0. The van der Waals surface area contributed by atoms with Crippen LogP contribution in [-0.4, -0.2) is 29.4 Å². The van der Waals surface area contributed by atoms with Gasteiger partial charge in [0.15, 0.2) is 0 Å². The first-order valence-corrected chi connectivity index (χ1v) is 25.9. The maximum atomic E-state index is 12.2. The van der Waals surface area contributed by atoms with E-state index in [2.05, 4.69) is 43.5 Å². The first-order chi connectivity index (χ1) is 28.1. The number of aliphatic hydroxyl groups excluding tert-OH is 1. The molecule has 336 valence electrons. The van der Waals surface area contributed by atoms with E-state index in [1.54, 1.807) is 0 Å². The summed E-state index contributed by atoms with van der Waals surface area (Å²) in [5, 5.41) is 13.2. The summed E-state index contributed by atoms with van der Waals surface area (Å²) in [5.74, 6) is 0.582. The van der Waals surface area contributed by atoms with Crippen LogP contribution in [0.15, 0.2) is 24.3 Å². The molecule has 57 heavy (non-hydrogen) atoms. The third kappa shape index (κ3) is 48.8. The maximum Gasteiger partial charge on any atom is 0.220 e. The number of carbonyl (C=O) groups is 2. The molecule has 0 saturated carbocycles. The molecule has 0 heterocycles. The number of nitrogens with one attached hydrogen (secondary N) is 1. The Bertz CT molecular complexity index is 866. The molecule has 0 saturated heterocycles. The fourth-order valence-corrected chi connectivity index (χ4v) is 7.98. The van der Waals surface area contributed by atoms with E-state index in [1.807, 2.05) is 0 Å². The second-order valence-corrected chi connectivity index (χ2v) is 17.8. The van der Waals surface area contributed by atoms with Crippen LogP contribution in [0.2, 0.25) is 0 Å². The smallest absolute Gasteiger partial charge is 0.220 e. The van der Waals surface area contributed by atoms with Gasteiger partial charge < -0.3 is 10.4 Å². The Hall–Kier alpha value is -1.42. The summed E-state index contributed by atoms with van der Waals surface area (Å²) in [6, 6.07) is 0. The molecule has 0 unspecified atom stereocenters. The summed E-state index contributed by atoms with van der Waals surface area (Å²) in [4.78, 5) is 24.4. The van der Waals surface area contributed by atoms with Gasteiger partial charge in [-0.3, -0.25) is 9.59 Å². The number of allylic oxidation sites excluding steroid dienone is 4. The van der Waals surface area contributed by atoms with Gasteiger partial charge in [-0.25, -0.2) is 0 Å². The molecule has 0 fully saturated rings. The number of unbranched alkanes of at least 4 members (excludes halogenated alkanes) is 34. The van der Waals surface area contributed by atoms with Gasteiger partial charge in [-0.05, 0) is 57.8 Å². The van der Waals surface area contributed by atoms with Gasteiger partial charge >= 0.3 is 0 Å². The van der Waals surface area contributed by atoms with E-state index in [0.29, 0.717) is 18.7 Å². The highest BCUT2D eigenvalue weighted by Crippen LogP contribution is 2.16. The van der Waals surface area contributed by atoms with Crippen molar-refractivity contribution in [1.29, 1.82) is 0 Å². The minimum atomic E-state index is -0.402. The van der Waals surface area contributed by atoms with Gasteiger partial charge in [0.2, 0.25) is 5.91 Å². The molecule has 1 atom stereocenters. The van der Waals surface area contributed by atoms with E-state index in [1.165, 1.54) is 212 Å². The van der Waals surface area contributed by atoms with Crippen molar-refractivity contribution in [3.8, 4) is 0 Å². The highest BCUT2D eigenvalue weighted by Gasteiger charge is 2.07. The number of aliphatic hydroxyl groups is 1. The third-order valence-corrected chi connectivity index (χ3v) is 11.9. The van der Waals surface area contributed by atoms with Crippen LogP contribution in [0.3, 0.4) is 0 Å². The Kier molecular flexibility index (Phi) is 47.7. The fraction of sp³-hybridized carbons (Fsp3) is 0.887. The molecule has 0 radical (unpaired) electrons. The molecule has 0 aliphatic heterocycles. The molecule has 0 aliphatic carbocycles. The SMILES string of the molecule is CCCCCC=CCC=CCCCCCCCC(=O)CCCCCCCCCCCCCCC(=O)NC[C@H](O)CCCCCCCCCCCCCCCCCC. The monoisotopic (exact) mass is 800 g/mol. The molecular formula is C53H101NO3. The number of ketones is 1. The number of amides is 1. The molecule has 0 aromatic heterocycles. The zero-order valence-corrected chi connectivity index (χ0v) is 38.8. The Morgan fingerprint density at radius 2 is 0.719 bits per heavy atom. The molecule has 0 aromatic rings. The normalized spacial score (nSPS) is 12.3. The summed E-state index contributed by atoms with van der Waals surface area (Å²) in [5.41, 5.74) is 0. The predicted octanol–water partition coefficient (Wildman–Crippen LogP) is 17.0. The van der Waals surface area contributed by atoms with Crippen molar-refractivity contribution in [3.63, 3.8) is 0 Å². The highest BCUT2D eigenvalue weighted by molar-refractivity contribution is 5.78. The largest absolute Gasteiger partial charge is 0.391 e. The lowest BCUT2D eigenvalue weighted by Crippen LogP contribution is -2.31. The van der Waals surface area contributed by atoms with Crippen molar-refractivity contribution >= 4 is 11.7 Å². The number of carbonyl (C=O) groups excluding carboxylic acids is 2. The first kappa shape index (κ1) is 55.6. The van der Waals surface area contributed by atoms with Crippen molar-refractivity contribution in [2.45, 2.75) is 296 Å². The molecule has 1 amide bonds. The van der Waals surface area contributed by atoms with Crippen molar-refractivity contribution in [3.05, 3.63) is 24.3 Å². The quantitative estimate of drug-likeness (QED) is 0.0476. The zero-order chi connectivity index (χ0) is 41.4. The van der Waals surface area contributed by atoms with Gasteiger partial charge in [0.1, 0.15) is 5.78 Å². The Morgan fingerprint density at radius 1 is 0.404 bits per heavy atom. The molecule has 0 bridgehead atoms. The Morgan fingerprint density at radius 3 is 1.14 bits per heavy atom. The van der Waals surface area contributed by atoms with E-state index in [4.69, 9.17) is 0 Å². The van der Waals surface area contributed by atoms with Gasteiger partial charge in [-0.1, -0.05) is 237 Å². The van der Waals surface area contributed by atoms with E-state index in [0.717, 1.165) is 57.8 Å². The second kappa shape index (κ2) is 48.9. The van der Waals surface area contributed by atoms with Gasteiger partial charge in [-0.2, -0.15) is 0 Å². The molecule has 2 N–H and O–H groups in total. The Labute approximate surface area is 357 Å². The van der Waals surface area contributed by atoms with E-state index in [-0.39, 0.29) is 5.91 Å². The van der Waals surface area contributed by atoms with Crippen LogP contribution in [0, 0.1) is 0 Å². The van der Waals surface area contributed by atoms with E-state index < -0.39 is 6.10 Å². The van der Waals surface area contributed by atoms with Gasteiger partial charge in [0, 0.05) is 25.8 Å². The average molecular weight is 800 g/mol. The van der Waals surface area contributed by atoms with Crippen LogP contribution >= 0.6 is 0 Å². The molecule has 0 spiro atoms. The van der Waals surface area contributed by atoms with Crippen LogP contribution < -0.4 is 5.32 Å². The molecule has 0 aromatic carbocycles. The first-order valence-electron chi connectivity index (χ1n) is 25.9. The van der Waals surface area contributed by atoms with Gasteiger partial charge in [0.25, 0.3) is 0 Å². The molecule has 4 nitrogen and oxygen atoms in total. The molecule has 0 aliphatic rings. The van der Waals surface area contributed by atoms with Crippen molar-refractivity contribution in [2.75, 3.05) is 6.54 Å². The van der Waals surface area contributed by atoms with Crippen LogP contribution in [0.5, 0.6) is 0 Å². The summed E-state index contributed by atoms with van der Waals surface area (Å²) >= 11 is 0. The van der Waals surface area contributed by atoms with Crippen molar-refractivity contribution < 1.29 is 14.7 Å². The number of hydrogen-bond acceptors (Lipinski definition) is 3. The van der Waals surface area contributed by atoms with Gasteiger partial charge in [-0.15, -0.1) is 0 Å². The van der Waals surface area contributed by atoms with E-state index in [9.17, 15) is 14.7 Å². The highest BCUT2D eigenvalue weighted by atomic mass is 16.3. The van der Waals surface area contributed by atoms with Crippen molar-refractivity contribution in [1.82, 2.24) is 5.32 Å². The van der Waals surface area contributed by atoms with Crippen molar-refractivity contribution in [2.24, 2.45) is 0 Å². The lowest BCUT2D eigenvalue weighted by molar-refractivity contribution is -0.121.